The van der Waals surface area contributed by atoms with Gasteiger partial charge in [0, 0.05) is 25.9 Å². The summed E-state index contributed by atoms with van der Waals surface area (Å²) in [5.41, 5.74) is -0.809. The number of carbonyl (C=O) groups excluding carboxylic acids is 4. The molecule has 3 rings (SSSR count). The molecule has 0 saturated carbocycles. The quantitative estimate of drug-likeness (QED) is 0.641. The number of para-hydroxylation sites is 1. The summed E-state index contributed by atoms with van der Waals surface area (Å²) in [6.45, 7) is 5.77. The van der Waals surface area contributed by atoms with Gasteiger partial charge in [0.2, 0.25) is 11.6 Å². The lowest BCUT2D eigenvalue weighted by Gasteiger charge is -2.46. The van der Waals surface area contributed by atoms with Gasteiger partial charge in [-0.2, -0.15) is 0 Å². The van der Waals surface area contributed by atoms with Crippen molar-refractivity contribution in [2.45, 2.75) is 64.6 Å². The molecule has 31 heavy (non-hydrogen) atoms. The summed E-state index contributed by atoms with van der Waals surface area (Å²) in [6.07, 6.45) is 3.17. The van der Waals surface area contributed by atoms with E-state index in [-0.39, 0.29) is 30.7 Å². The van der Waals surface area contributed by atoms with E-state index in [0.29, 0.717) is 17.2 Å². The Balaban J connectivity index is 1.69. The van der Waals surface area contributed by atoms with Crippen molar-refractivity contribution < 1.29 is 23.9 Å². The van der Waals surface area contributed by atoms with Crippen molar-refractivity contribution in [1.82, 2.24) is 10.2 Å². The molecule has 0 bridgehead atoms. The van der Waals surface area contributed by atoms with Crippen LogP contribution in [0, 0.1) is 5.92 Å². The van der Waals surface area contributed by atoms with Gasteiger partial charge in [-0.25, -0.2) is 4.79 Å². The van der Waals surface area contributed by atoms with E-state index in [2.05, 4.69) is 19.2 Å². The van der Waals surface area contributed by atoms with Crippen LogP contribution in [-0.2, 0) is 19.1 Å². The Bertz CT molecular complexity index is 884. The molecule has 1 aromatic carbocycles. The number of hydrogen-bond acceptors (Lipinski definition) is 5. The first-order chi connectivity index (χ1) is 14.7. The Morgan fingerprint density at radius 1 is 1.16 bits per heavy atom. The van der Waals surface area contributed by atoms with Gasteiger partial charge in [-0.3, -0.25) is 19.3 Å². The molecule has 1 N–H and O–H groups in total. The Hall–Kier alpha value is -2.90. The van der Waals surface area contributed by atoms with Crippen LogP contribution in [0.2, 0.25) is 0 Å². The average molecular weight is 430 g/mol. The lowest BCUT2D eigenvalue weighted by Crippen LogP contribution is -2.67. The number of anilines is 1. The molecule has 8 heteroatoms. The highest BCUT2D eigenvalue weighted by atomic mass is 16.5. The summed E-state index contributed by atoms with van der Waals surface area (Å²) in [5, 5.41) is 2.84. The van der Waals surface area contributed by atoms with Crippen molar-refractivity contribution in [3.05, 3.63) is 29.8 Å². The fourth-order valence-electron chi connectivity index (χ4n) is 4.36. The maximum atomic E-state index is 13.2. The first-order valence-corrected chi connectivity index (χ1v) is 10.8. The van der Waals surface area contributed by atoms with Crippen molar-refractivity contribution in [3.63, 3.8) is 0 Å². The third-order valence-electron chi connectivity index (χ3n) is 6.03. The fourth-order valence-corrected chi connectivity index (χ4v) is 4.36. The van der Waals surface area contributed by atoms with Crippen LogP contribution < -0.4 is 10.2 Å². The van der Waals surface area contributed by atoms with Gasteiger partial charge in [-0.05, 0) is 31.4 Å². The lowest BCUT2D eigenvalue weighted by molar-refractivity contribution is -0.159. The number of nitrogens with zero attached hydrogens (tertiary/aromatic N) is 2. The van der Waals surface area contributed by atoms with E-state index in [0.717, 1.165) is 19.3 Å². The summed E-state index contributed by atoms with van der Waals surface area (Å²) < 4.78 is 5.33. The first-order valence-electron chi connectivity index (χ1n) is 10.8. The summed E-state index contributed by atoms with van der Waals surface area (Å²) in [5.74, 6) is -1.18. The molecule has 1 aromatic rings. The minimum atomic E-state index is -1.56. The summed E-state index contributed by atoms with van der Waals surface area (Å²) in [7, 11) is 1.49. The fraction of sp³-hybridized carbons (Fsp3) is 0.565. The van der Waals surface area contributed by atoms with Crippen LogP contribution in [0.4, 0.5) is 5.69 Å². The van der Waals surface area contributed by atoms with Crippen LogP contribution in [-0.4, -0.2) is 54.0 Å². The molecule has 2 heterocycles. The second-order valence-electron chi connectivity index (χ2n) is 8.80. The van der Waals surface area contributed by atoms with Gasteiger partial charge in [0.1, 0.15) is 0 Å². The third-order valence-corrected chi connectivity index (χ3v) is 6.03. The van der Waals surface area contributed by atoms with E-state index in [9.17, 15) is 19.2 Å². The van der Waals surface area contributed by atoms with E-state index >= 15 is 0 Å². The largest absolute Gasteiger partial charge is 0.452 e. The monoisotopic (exact) mass is 429 g/mol. The zero-order valence-electron chi connectivity index (χ0n) is 18.6. The minimum Gasteiger partial charge on any atom is -0.452 e. The predicted molar refractivity (Wildman–Crippen MR) is 115 cm³/mol. The summed E-state index contributed by atoms with van der Waals surface area (Å²) in [4.78, 5) is 53.6. The molecule has 0 aliphatic carbocycles. The van der Waals surface area contributed by atoms with Crippen molar-refractivity contribution in [2.75, 3.05) is 18.6 Å². The van der Waals surface area contributed by atoms with Crippen LogP contribution in [0.15, 0.2) is 24.3 Å². The highest BCUT2D eigenvalue weighted by Gasteiger charge is 2.60. The molecule has 3 amide bonds. The zero-order chi connectivity index (χ0) is 22.8. The number of rotatable bonds is 8. The maximum Gasteiger partial charge on any atom is 0.354 e. The SMILES string of the molecule is CC(C)CCCC(C)NC(=O)COC(=O)C12CCC(=O)N1c1ccccc1C(=O)N2C. The normalized spacial score (nSPS) is 21.1. The minimum absolute atomic E-state index is 0.0292. The molecular weight excluding hydrogens is 398 g/mol. The Labute approximate surface area is 182 Å². The molecule has 2 atom stereocenters. The topological polar surface area (TPSA) is 96.0 Å². The molecule has 0 radical (unpaired) electrons. The summed E-state index contributed by atoms with van der Waals surface area (Å²) in [6, 6.07) is 6.68. The number of ether oxygens (including phenoxy) is 1. The highest BCUT2D eigenvalue weighted by molar-refractivity contribution is 6.15. The molecule has 2 aliphatic rings. The molecule has 0 spiro atoms. The van der Waals surface area contributed by atoms with Crippen LogP contribution in [0.1, 0.15) is 63.2 Å². The standard InChI is InChI=1S/C23H31N3O5/c1-15(2)8-7-9-16(3)24-19(27)14-31-22(30)23-13-12-20(28)26(23)18-11-6-5-10-17(18)21(29)25(23)4/h5-6,10-11,15-16H,7-9,12-14H2,1-4H3,(H,24,27). The van der Waals surface area contributed by atoms with Gasteiger partial charge in [-0.15, -0.1) is 0 Å². The molecule has 2 unspecified atom stereocenters. The van der Waals surface area contributed by atoms with E-state index in [4.69, 9.17) is 4.74 Å². The molecule has 1 saturated heterocycles. The zero-order valence-corrected chi connectivity index (χ0v) is 18.6. The molecule has 0 aromatic heterocycles. The van der Waals surface area contributed by atoms with E-state index in [1.807, 2.05) is 6.92 Å². The van der Waals surface area contributed by atoms with Crippen LogP contribution in [0.5, 0.6) is 0 Å². The van der Waals surface area contributed by atoms with Gasteiger partial charge in [0.25, 0.3) is 11.8 Å². The van der Waals surface area contributed by atoms with Gasteiger partial charge < -0.3 is 15.0 Å². The van der Waals surface area contributed by atoms with Crippen LogP contribution >= 0.6 is 0 Å². The van der Waals surface area contributed by atoms with Crippen LogP contribution in [0.25, 0.3) is 0 Å². The summed E-state index contributed by atoms with van der Waals surface area (Å²) >= 11 is 0. The second-order valence-corrected chi connectivity index (χ2v) is 8.80. The van der Waals surface area contributed by atoms with Crippen molar-refractivity contribution >= 4 is 29.4 Å². The number of fused-ring (bicyclic) bond motifs is 3. The number of carbonyl (C=O) groups is 4. The maximum absolute atomic E-state index is 13.2. The number of esters is 1. The first kappa shape index (κ1) is 22.8. The Morgan fingerprint density at radius 3 is 2.58 bits per heavy atom. The highest BCUT2D eigenvalue weighted by Crippen LogP contribution is 2.44. The second kappa shape index (κ2) is 9.08. The number of benzene rings is 1. The predicted octanol–water partition coefficient (Wildman–Crippen LogP) is 2.47. The van der Waals surface area contributed by atoms with E-state index in [1.54, 1.807) is 24.3 Å². The number of hydrogen-bond donors (Lipinski definition) is 1. The molecule has 2 aliphatic heterocycles. The third kappa shape index (κ3) is 4.29. The van der Waals surface area contributed by atoms with Crippen molar-refractivity contribution in [3.8, 4) is 0 Å². The Kier molecular flexibility index (Phi) is 6.67. The van der Waals surface area contributed by atoms with E-state index < -0.39 is 24.1 Å². The van der Waals surface area contributed by atoms with Crippen LogP contribution in [0.3, 0.4) is 0 Å². The van der Waals surface area contributed by atoms with Gasteiger partial charge in [0.15, 0.2) is 6.61 Å². The molecule has 1 fully saturated rings. The molecule has 168 valence electrons. The lowest BCUT2D eigenvalue weighted by atomic mass is 9.97. The number of nitrogens with one attached hydrogen (secondary N) is 1. The van der Waals surface area contributed by atoms with E-state index in [1.165, 1.54) is 16.8 Å². The average Bonchev–Trinajstić information content (AvgIpc) is 3.08. The number of likely N-dealkylation sites (N-methyl/N-ethyl adjacent to an activating group) is 1. The molecular formula is C23H31N3O5. The van der Waals surface area contributed by atoms with Gasteiger partial charge in [0.05, 0.1) is 11.3 Å². The Morgan fingerprint density at radius 2 is 1.87 bits per heavy atom. The van der Waals surface area contributed by atoms with Crippen molar-refractivity contribution in [2.24, 2.45) is 5.92 Å². The van der Waals surface area contributed by atoms with Gasteiger partial charge in [-0.1, -0.05) is 38.8 Å². The smallest absolute Gasteiger partial charge is 0.354 e. The number of amides is 3. The van der Waals surface area contributed by atoms with Gasteiger partial charge >= 0.3 is 5.97 Å². The van der Waals surface area contributed by atoms with Crippen molar-refractivity contribution in [1.29, 1.82) is 0 Å². The molecule has 8 nitrogen and oxygen atoms in total.